The van der Waals surface area contributed by atoms with Gasteiger partial charge in [0.05, 0.1) is 16.4 Å². The molecular formula is C13H21N5O4S. The molecule has 0 heterocycles. The summed E-state index contributed by atoms with van der Waals surface area (Å²) in [5, 5.41) is 10.7. The molecule has 1 aromatic rings. The lowest BCUT2D eigenvalue weighted by Crippen LogP contribution is -2.36. The van der Waals surface area contributed by atoms with E-state index in [-0.39, 0.29) is 23.7 Å². The van der Waals surface area contributed by atoms with E-state index in [0.29, 0.717) is 5.96 Å². The summed E-state index contributed by atoms with van der Waals surface area (Å²) in [5.41, 5.74) is -0.270. The SMILES string of the molecule is CN(C)C(=NCCNS(=O)(=O)c1cccc([N+](=O)[O-])c1)N(C)C. The predicted molar refractivity (Wildman–Crippen MR) is 88.0 cm³/mol. The zero-order valence-corrected chi connectivity index (χ0v) is 14.4. The number of hydrogen-bond acceptors (Lipinski definition) is 5. The van der Waals surface area contributed by atoms with Gasteiger partial charge < -0.3 is 9.80 Å². The van der Waals surface area contributed by atoms with Crippen LogP contribution in [0.2, 0.25) is 0 Å². The van der Waals surface area contributed by atoms with Gasteiger partial charge in [-0.25, -0.2) is 13.1 Å². The molecule has 0 atom stereocenters. The molecule has 1 aromatic carbocycles. The van der Waals surface area contributed by atoms with Crippen LogP contribution in [0, 0.1) is 10.1 Å². The van der Waals surface area contributed by atoms with Crippen LogP contribution in [0.4, 0.5) is 5.69 Å². The van der Waals surface area contributed by atoms with Gasteiger partial charge in [-0.15, -0.1) is 0 Å². The number of nitrogens with zero attached hydrogens (tertiary/aromatic N) is 4. The molecule has 23 heavy (non-hydrogen) atoms. The van der Waals surface area contributed by atoms with E-state index in [1.54, 1.807) is 0 Å². The number of nitrogens with one attached hydrogen (secondary N) is 1. The number of non-ortho nitro benzene ring substituents is 1. The molecule has 128 valence electrons. The second kappa shape index (κ2) is 7.88. The van der Waals surface area contributed by atoms with Crippen molar-refractivity contribution in [2.24, 2.45) is 4.99 Å². The molecule has 9 nitrogen and oxygen atoms in total. The van der Waals surface area contributed by atoms with Crippen molar-refractivity contribution < 1.29 is 13.3 Å². The summed E-state index contributed by atoms with van der Waals surface area (Å²) in [6.07, 6.45) is 0. The fourth-order valence-electron chi connectivity index (χ4n) is 1.87. The first-order valence-corrected chi connectivity index (χ1v) is 8.26. The van der Waals surface area contributed by atoms with Gasteiger partial charge in [0.1, 0.15) is 0 Å². The Kier molecular flexibility index (Phi) is 6.46. The second-order valence-corrected chi connectivity index (χ2v) is 6.89. The van der Waals surface area contributed by atoms with Crippen molar-refractivity contribution in [2.45, 2.75) is 4.90 Å². The highest BCUT2D eigenvalue weighted by molar-refractivity contribution is 7.89. The van der Waals surface area contributed by atoms with E-state index in [2.05, 4.69) is 9.71 Å². The largest absolute Gasteiger partial charge is 0.349 e. The van der Waals surface area contributed by atoms with Crippen LogP contribution in [0.1, 0.15) is 0 Å². The summed E-state index contributed by atoms with van der Waals surface area (Å²) < 4.78 is 26.6. The van der Waals surface area contributed by atoms with E-state index in [1.807, 2.05) is 38.0 Å². The zero-order chi connectivity index (χ0) is 17.6. The molecule has 1 rings (SSSR count). The molecule has 0 spiro atoms. The first-order valence-electron chi connectivity index (χ1n) is 6.78. The Hall–Kier alpha value is -2.20. The standard InChI is InChI=1S/C13H21N5O4S/c1-16(2)13(17(3)4)14-8-9-15-23(21,22)12-7-5-6-11(10-12)18(19)20/h5-7,10,15H,8-9H2,1-4H3. The van der Waals surface area contributed by atoms with Crippen LogP contribution in [0.5, 0.6) is 0 Å². The molecule has 0 aliphatic rings. The van der Waals surface area contributed by atoms with Crippen LogP contribution < -0.4 is 4.72 Å². The number of nitro benzene ring substituents is 1. The Morgan fingerprint density at radius 2 is 1.87 bits per heavy atom. The molecule has 0 fully saturated rings. The second-order valence-electron chi connectivity index (χ2n) is 5.12. The van der Waals surface area contributed by atoms with Gasteiger partial charge in [-0.1, -0.05) is 6.07 Å². The van der Waals surface area contributed by atoms with Crippen molar-refractivity contribution in [3.8, 4) is 0 Å². The molecule has 0 amide bonds. The number of aliphatic imine (C=N–C) groups is 1. The van der Waals surface area contributed by atoms with Gasteiger partial charge in [0.2, 0.25) is 10.0 Å². The number of sulfonamides is 1. The maximum absolute atomic E-state index is 12.1. The maximum Gasteiger partial charge on any atom is 0.270 e. The summed E-state index contributed by atoms with van der Waals surface area (Å²) in [6.45, 7) is 0.343. The molecule has 10 heteroatoms. The summed E-state index contributed by atoms with van der Waals surface area (Å²) in [7, 11) is 3.55. The minimum absolute atomic E-state index is 0.0935. The smallest absolute Gasteiger partial charge is 0.270 e. The Balaban J connectivity index is 2.75. The van der Waals surface area contributed by atoms with E-state index in [0.717, 1.165) is 6.07 Å². The van der Waals surface area contributed by atoms with Crippen molar-refractivity contribution >= 4 is 21.7 Å². The third-order valence-electron chi connectivity index (χ3n) is 2.80. The van der Waals surface area contributed by atoms with Gasteiger partial charge in [-0.2, -0.15) is 0 Å². The summed E-state index contributed by atoms with van der Waals surface area (Å²) >= 11 is 0. The lowest BCUT2D eigenvalue weighted by Gasteiger charge is -2.22. The molecule has 0 bridgehead atoms. The van der Waals surface area contributed by atoms with E-state index in [9.17, 15) is 18.5 Å². The first kappa shape index (κ1) is 18.8. The van der Waals surface area contributed by atoms with Crippen molar-refractivity contribution in [1.29, 1.82) is 0 Å². The molecule has 0 radical (unpaired) electrons. The minimum Gasteiger partial charge on any atom is -0.349 e. The summed E-state index contributed by atoms with van der Waals surface area (Å²) in [5.74, 6) is 0.708. The highest BCUT2D eigenvalue weighted by atomic mass is 32.2. The Morgan fingerprint density at radius 1 is 1.26 bits per heavy atom. The summed E-state index contributed by atoms with van der Waals surface area (Å²) in [6, 6.07) is 4.91. The molecule has 0 saturated heterocycles. The van der Waals surface area contributed by atoms with Crippen molar-refractivity contribution in [1.82, 2.24) is 14.5 Å². The topological polar surface area (TPSA) is 108 Å². The van der Waals surface area contributed by atoms with Gasteiger partial charge in [0, 0.05) is 46.9 Å². The molecule has 0 unspecified atom stereocenters. The average molecular weight is 343 g/mol. The Labute approximate surface area is 135 Å². The predicted octanol–water partition coefficient (Wildman–Crippen LogP) is 0.352. The average Bonchev–Trinajstić information content (AvgIpc) is 2.46. The Bertz CT molecular complexity index is 675. The molecule has 0 aliphatic carbocycles. The van der Waals surface area contributed by atoms with Crippen LogP contribution in [0.15, 0.2) is 34.2 Å². The maximum atomic E-state index is 12.1. The molecule has 0 aromatic heterocycles. The van der Waals surface area contributed by atoms with Crippen LogP contribution in [0.3, 0.4) is 0 Å². The van der Waals surface area contributed by atoms with E-state index in [4.69, 9.17) is 0 Å². The monoisotopic (exact) mass is 343 g/mol. The number of rotatable bonds is 6. The van der Waals surface area contributed by atoms with E-state index in [1.165, 1.54) is 18.2 Å². The minimum atomic E-state index is -3.81. The Morgan fingerprint density at radius 3 is 2.39 bits per heavy atom. The zero-order valence-electron chi connectivity index (χ0n) is 13.6. The lowest BCUT2D eigenvalue weighted by molar-refractivity contribution is -0.385. The number of hydrogen-bond donors (Lipinski definition) is 1. The summed E-state index contributed by atoms with van der Waals surface area (Å²) in [4.78, 5) is 17.9. The van der Waals surface area contributed by atoms with Crippen molar-refractivity contribution in [3.05, 3.63) is 34.4 Å². The van der Waals surface area contributed by atoms with Gasteiger partial charge in [-0.05, 0) is 6.07 Å². The molecule has 1 N–H and O–H groups in total. The van der Waals surface area contributed by atoms with Crippen molar-refractivity contribution in [3.63, 3.8) is 0 Å². The number of benzene rings is 1. The normalized spacial score (nSPS) is 11.0. The molecule has 0 saturated carbocycles. The van der Waals surface area contributed by atoms with Crippen LogP contribution >= 0.6 is 0 Å². The highest BCUT2D eigenvalue weighted by Crippen LogP contribution is 2.16. The fraction of sp³-hybridized carbons (Fsp3) is 0.462. The number of guanidine groups is 1. The van der Waals surface area contributed by atoms with Crippen LogP contribution in [-0.2, 0) is 10.0 Å². The van der Waals surface area contributed by atoms with Gasteiger partial charge in [-0.3, -0.25) is 15.1 Å². The molecule has 0 aliphatic heterocycles. The first-order chi connectivity index (χ1) is 10.6. The third kappa shape index (κ3) is 5.49. The van der Waals surface area contributed by atoms with Crippen LogP contribution in [-0.4, -0.2) is 70.4 Å². The third-order valence-corrected chi connectivity index (χ3v) is 4.25. The lowest BCUT2D eigenvalue weighted by atomic mass is 10.3. The van der Waals surface area contributed by atoms with Crippen molar-refractivity contribution in [2.75, 3.05) is 41.3 Å². The quantitative estimate of drug-likeness (QED) is 0.262. The van der Waals surface area contributed by atoms with E-state index < -0.39 is 14.9 Å². The van der Waals surface area contributed by atoms with Crippen LogP contribution in [0.25, 0.3) is 0 Å². The molecular weight excluding hydrogens is 322 g/mol. The van der Waals surface area contributed by atoms with Gasteiger partial charge >= 0.3 is 0 Å². The highest BCUT2D eigenvalue weighted by Gasteiger charge is 2.17. The van der Waals surface area contributed by atoms with Gasteiger partial charge in [0.25, 0.3) is 5.69 Å². The van der Waals surface area contributed by atoms with E-state index >= 15 is 0 Å². The number of nitro groups is 1. The fourth-order valence-corrected chi connectivity index (χ4v) is 2.93. The van der Waals surface area contributed by atoms with Gasteiger partial charge in [0.15, 0.2) is 5.96 Å².